The molecule has 4 aromatic rings. The van der Waals surface area contributed by atoms with Gasteiger partial charge in [-0.25, -0.2) is 0 Å². The molecule has 0 saturated heterocycles. The molecule has 4 rings (SSSR count). The monoisotopic (exact) mass is 259 g/mol. The van der Waals surface area contributed by atoms with Crippen molar-refractivity contribution in [2.75, 3.05) is 0 Å². The summed E-state index contributed by atoms with van der Waals surface area (Å²) in [5.41, 5.74) is 5.40. The van der Waals surface area contributed by atoms with Gasteiger partial charge in [0.1, 0.15) is 5.69 Å². The van der Waals surface area contributed by atoms with E-state index in [1.165, 1.54) is 5.56 Å². The zero-order valence-corrected chi connectivity index (χ0v) is 11.1. The summed E-state index contributed by atoms with van der Waals surface area (Å²) in [5.74, 6) is 0. The van der Waals surface area contributed by atoms with Crippen molar-refractivity contribution in [2.45, 2.75) is 6.92 Å². The van der Waals surface area contributed by atoms with Crippen LogP contribution in [-0.2, 0) is 0 Å². The van der Waals surface area contributed by atoms with Gasteiger partial charge in [0.2, 0.25) is 0 Å². The van der Waals surface area contributed by atoms with E-state index in [-0.39, 0.29) is 0 Å². The minimum Gasteiger partial charge on any atom is -0.277 e. The van der Waals surface area contributed by atoms with Crippen molar-refractivity contribution < 1.29 is 0 Å². The van der Waals surface area contributed by atoms with E-state index >= 15 is 0 Å². The minimum absolute atomic E-state index is 0.988. The molecule has 3 heteroatoms. The molecule has 96 valence electrons. The van der Waals surface area contributed by atoms with Crippen LogP contribution in [-0.4, -0.2) is 15.2 Å². The lowest BCUT2D eigenvalue weighted by Crippen LogP contribution is -1.85. The molecule has 0 aliphatic carbocycles. The lowest BCUT2D eigenvalue weighted by atomic mass is 10.0. The van der Waals surface area contributed by atoms with Crippen molar-refractivity contribution in [3.05, 3.63) is 60.3 Å². The highest BCUT2D eigenvalue weighted by atomic mass is 15.1. The van der Waals surface area contributed by atoms with Crippen molar-refractivity contribution in [1.82, 2.24) is 15.2 Å². The summed E-state index contributed by atoms with van der Waals surface area (Å²) in [7, 11) is 0. The number of rotatable bonds is 1. The summed E-state index contributed by atoms with van der Waals surface area (Å²) < 4.78 is 0. The average molecular weight is 259 g/mol. The quantitative estimate of drug-likeness (QED) is 0.559. The first-order valence-corrected chi connectivity index (χ1v) is 6.62. The Morgan fingerprint density at radius 3 is 2.80 bits per heavy atom. The van der Waals surface area contributed by atoms with Gasteiger partial charge in [0, 0.05) is 22.5 Å². The molecule has 0 radical (unpaired) electrons. The molecular formula is C17H13N3. The lowest BCUT2D eigenvalue weighted by molar-refractivity contribution is 1.12. The van der Waals surface area contributed by atoms with Crippen LogP contribution in [0, 0.1) is 6.92 Å². The zero-order chi connectivity index (χ0) is 13.5. The number of H-pyrrole nitrogens is 1. The maximum absolute atomic E-state index is 4.50. The molecule has 2 aromatic carbocycles. The van der Waals surface area contributed by atoms with Crippen molar-refractivity contribution in [3.8, 4) is 11.3 Å². The standard InChI is InChI=1S/C17H13N3/c1-11-6-7-16-14(10-11)17(20-19-16)13-8-9-18-15-5-3-2-4-12(13)15/h2-10H,1H3,(H,19,20). The van der Waals surface area contributed by atoms with Crippen LogP contribution in [0.15, 0.2) is 54.7 Å². The fourth-order valence-corrected chi connectivity index (χ4v) is 2.64. The Balaban J connectivity index is 2.09. The highest BCUT2D eigenvalue weighted by molar-refractivity contribution is 6.02. The highest BCUT2D eigenvalue weighted by Gasteiger charge is 2.11. The number of aryl methyl sites for hydroxylation is 1. The lowest BCUT2D eigenvalue weighted by Gasteiger charge is -2.04. The molecule has 20 heavy (non-hydrogen) atoms. The summed E-state index contributed by atoms with van der Waals surface area (Å²) in [6.07, 6.45) is 1.84. The summed E-state index contributed by atoms with van der Waals surface area (Å²) in [4.78, 5) is 4.41. The number of aromatic nitrogens is 3. The fraction of sp³-hybridized carbons (Fsp3) is 0.0588. The van der Waals surface area contributed by atoms with E-state index in [2.05, 4.69) is 46.4 Å². The van der Waals surface area contributed by atoms with Gasteiger partial charge >= 0.3 is 0 Å². The second-order valence-corrected chi connectivity index (χ2v) is 5.00. The van der Waals surface area contributed by atoms with E-state index in [4.69, 9.17) is 0 Å². The van der Waals surface area contributed by atoms with Gasteiger partial charge in [-0.2, -0.15) is 5.10 Å². The second kappa shape index (κ2) is 4.17. The molecule has 2 aromatic heterocycles. The van der Waals surface area contributed by atoms with E-state index in [1.807, 2.05) is 30.5 Å². The minimum atomic E-state index is 0.988. The van der Waals surface area contributed by atoms with Crippen LogP contribution >= 0.6 is 0 Å². The summed E-state index contributed by atoms with van der Waals surface area (Å²) >= 11 is 0. The molecule has 0 aliphatic heterocycles. The van der Waals surface area contributed by atoms with E-state index in [1.54, 1.807) is 0 Å². The van der Waals surface area contributed by atoms with Gasteiger partial charge in [0.15, 0.2) is 0 Å². The SMILES string of the molecule is Cc1ccc2[nH]nc(-c3ccnc4ccccc34)c2c1. The molecule has 0 amide bonds. The number of hydrogen-bond acceptors (Lipinski definition) is 2. The van der Waals surface area contributed by atoms with Crippen LogP contribution in [0.25, 0.3) is 33.1 Å². The zero-order valence-electron chi connectivity index (χ0n) is 11.1. The largest absolute Gasteiger partial charge is 0.277 e. The topological polar surface area (TPSA) is 41.6 Å². The normalized spacial score (nSPS) is 11.2. The number of nitrogens with one attached hydrogen (secondary N) is 1. The maximum atomic E-state index is 4.50. The van der Waals surface area contributed by atoms with Crippen molar-refractivity contribution in [1.29, 1.82) is 0 Å². The van der Waals surface area contributed by atoms with Crippen LogP contribution in [0.1, 0.15) is 5.56 Å². The Hall–Kier alpha value is -2.68. The van der Waals surface area contributed by atoms with Gasteiger partial charge < -0.3 is 0 Å². The van der Waals surface area contributed by atoms with Crippen LogP contribution in [0.2, 0.25) is 0 Å². The van der Waals surface area contributed by atoms with Crippen LogP contribution in [0.4, 0.5) is 0 Å². The molecule has 0 saturated carbocycles. The number of aromatic amines is 1. The fourth-order valence-electron chi connectivity index (χ4n) is 2.64. The van der Waals surface area contributed by atoms with Crippen LogP contribution in [0.3, 0.4) is 0 Å². The molecule has 3 nitrogen and oxygen atoms in total. The van der Waals surface area contributed by atoms with E-state index in [9.17, 15) is 0 Å². The molecule has 1 N–H and O–H groups in total. The Morgan fingerprint density at radius 1 is 0.950 bits per heavy atom. The molecule has 2 heterocycles. The summed E-state index contributed by atoms with van der Waals surface area (Å²) in [6.45, 7) is 2.10. The first-order valence-electron chi connectivity index (χ1n) is 6.62. The van der Waals surface area contributed by atoms with Gasteiger partial charge in [0.05, 0.1) is 11.0 Å². The van der Waals surface area contributed by atoms with Gasteiger partial charge in [-0.1, -0.05) is 29.8 Å². The Morgan fingerprint density at radius 2 is 1.85 bits per heavy atom. The molecule has 0 aliphatic rings. The first kappa shape index (κ1) is 11.2. The third-order valence-electron chi connectivity index (χ3n) is 3.62. The van der Waals surface area contributed by atoms with E-state index < -0.39 is 0 Å². The second-order valence-electron chi connectivity index (χ2n) is 5.00. The van der Waals surface area contributed by atoms with Crippen molar-refractivity contribution in [3.63, 3.8) is 0 Å². The predicted molar refractivity (Wildman–Crippen MR) is 81.6 cm³/mol. The molecule has 0 bridgehead atoms. The van der Waals surface area contributed by atoms with Crippen LogP contribution in [0.5, 0.6) is 0 Å². The third kappa shape index (κ3) is 1.60. The number of benzene rings is 2. The van der Waals surface area contributed by atoms with Gasteiger partial charge in [-0.3, -0.25) is 10.1 Å². The smallest absolute Gasteiger partial charge is 0.101 e. The Kier molecular flexibility index (Phi) is 2.33. The maximum Gasteiger partial charge on any atom is 0.101 e. The number of pyridine rings is 1. The Labute approximate surface area is 116 Å². The molecule has 0 atom stereocenters. The molecule has 0 spiro atoms. The molecule has 0 fully saturated rings. The third-order valence-corrected chi connectivity index (χ3v) is 3.62. The number of fused-ring (bicyclic) bond motifs is 2. The summed E-state index contributed by atoms with van der Waals surface area (Å²) in [6, 6.07) is 16.5. The van der Waals surface area contributed by atoms with E-state index in [0.717, 1.165) is 33.1 Å². The molecular weight excluding hydrogens is 246 g/mol. The molecule has 0 unspecified atom stereocenters. The van der Waals surface area contributed by atoms with Crippen molar-refractivity contribution >= 4 is 21.8 Å². The van der Waals surface area contributed by atoms with Crippen molar-refractivity contribution in [2.24, 2.45) is 0 Å². The van der Waals surface area contributed by atoms with E-state index in [0.29, 0.717) is 0 Å². The Bertz CT molecular complexity index is 916. The average Bonchev–Trinajstić information content (AvgIpc) is 2.89. The number of nitrogens with zero attached hydrogens (tertiary/aromatic N) is 2. The van der Waals surface area contributed by atoms with Crippen LogP contribution < -0.4 is 0 Å². The van der Waals surface area contributed by atoms with Gasteiger partial charge in [-0.15, -0.1) is 0 Å². The highest BCUT2D eigenvalue weighted by Crippen LogP contribution is 2.31. The number of hydrogen-bond donors (Lipinski definition) is 1. The predicted octanol–water partition coefficient (Wildman–Crippen LogP) is 4.09. The first-order chi connectivity index (χ1) is 9.83. The number of para-hydroxylation sites is 1. The van der Waals surface area contributed by atoms with Gasteiger partial charge in [-0.05, 0) is 31.2 Å². The summed E-state index contributed by atoms with van der Waals surface area (Å²) in [5, 5.41) is 9.90. The van der Waals surface area contributed by atoms with Gasteiger partial charge in [0.25, 0.3) is 0 Å².